The van der Waals surface area contributed by atoms with Crippen molar-refractivity contribution in [3.05, 3.63) is 53.6 Å². The lowest BCUT2D eigenvalue weighted by Gasteiger charge is -2.22. The first-order valence-electron chi connectivity index (χ1n) is 5.63. The Hall–Kier alpha value is -1.60. The molecule has 1 unspecified atom stereocenters. The molecule has 1 atom stereocenters. The molecule has 0 bridgehead atoms. The van der Waals surface area contributed by atoms with Crippen molar-refractivity contribution in [2.45, 2.75) is 18.9 Å². The van der Waals surface area contributed by atoms with Crippen molar-refractivity contribution < 1.29 is 5.11 Å². The molecular weight excluding hydrogens is 196 g/mol. The zero-order valence-electron chi connectivity index (χ0n) is 9.11. The Bertz CT molecular complexity index is 557. The Kier molecular flexibility index (Phi) is 2.08. The first-order valence-corrected chi connectivity index (χ1v) is 5.63. The Morgan fingerprint density at radius 3 is 2.62 bits per heavy atom. The van der Waals surface area contributed by atoms with E-state index in [1.165, 1.54) is 27.5 Å². The van der Waals surface area contributed by atoms with E-state index in [0.717, 1.165) is 12.8 Å². The zero-order valence-corrected chi connectivity index (χ0v) is 9.11. The van der Waals surface area contributed by atoms with Gasteiger partial charge in [0.25, 0.3) is 0 Å². The van der Waals surface area contributed by atoms with E-state index in [9.17, 15) is 5.11 Å². The van der Waals surface area contributed by atoms with Crippen molar-refractivity contribution in [3.8, 4) is 0 Å². The van der Waals surface area contributed by atoms with Gasteiger partial charge in [0.1, 0.15) is 0 Å². The van der Waals surface area contributed by atoms with Crippen molar-refractivity contribution in [3.63, 3.8) is 0 Å². The van der Waals surface area contributed by atoms with E-state index in [2.05, 4.69) is 36.9 Å². The molecule has 1 aliphatic rings. The lowest BCUT2D eigenvalue weighted by molar-refractivity contribution is 0.173. The van der Waals surface area contributed by atoms with Gasteiger partial charge in [-0.05, 0) is 40.3 Å². The smallest absolute Gasteiger partial charge is 0.0621 e. The molecule has 0 saturated carbocycles. The molecule has 3 rings (SSSR count). The van der Waals surface area contributed by atoms with Gasteiger partial charge in [-0.1, -0.05) is 43.0 Å². The summed E-state index contributed by atoms with van der Waals surface area (Å²) in [6.07, 6.45) is 3.21. The largest absolute Gasteiger partial charge is 0.392 e. The van der Waals surface area contributed by atoms with Gasteiger partial charge < -0.3 is 5.11 Å². The van der Waals surface area contributed by atoms with Crippen molar-refractivity contribution in [1.82, 2.24) is 0 Å². The quantitative estimate of drug-likeness (QED) is 0.767. The van der Waals surface area contributed by atoms with E-state index < -0.39 is 0 Å². The third-order valence-electron chi connectivity index (χ3n) is 3.38. The summed E-state index contributed by atoms with van der Waals surface area (Å²) in [6, 6.07) is 10.5. The fourth-order valence-electron chi connectivity index (χ4n) is 2.68. The first-order chi connectivity index (χ1) is 7.79. The van der Waals surface area contributed by atoms with Gasteiger partial charge in [0, 0.05) is 0 Å². The standard InChI is InChI=1S/C15H14O/c1-2-10-6-7-12-9-13(16)8-11-4-3-5-14(10)15(11)12/h2-7,13,16H,1,8-9H2. The van der Waals surface area contributed by atoms with Gasteiger partial charge >= 0.3 is 0 Å². The van der Waals surface area contributed by atoms with Crippen LogP contribution in [0.4, 0.5) is 0 Å². The molecule has 0 spiro atoms. The van der Waals surface area contributed by atoms with Gasteiger partial charge in [0.15, 0.2) is 0 Å². The topological polar surface area (TPSA) is 20.2 Å². The van der Waals surface area contributed by atoms with Gasteiger partial charge in [0.2, 0.25) is 0 Å². The number of aliphatic hydroxyl groups excluding tert-OH is 1. The van der Waals surface area contributed by atoms with E-state index in [-0.39, 0.29) is 6.10 Å². The van der Waals surface area contributed by atoms with Crippen LogP contribution in [0, 0.1) is 0 Å². The van der Waals surface area contributed by atoms with Crippen molar-refractivity contribution in [2.75, 3.05) is 0 Å². The molecule has 1 N–H and O–H groups in total. The summed E-state index contributed by atoms with van der Waals surface area (Å²) in [5.41, 5.74) is 3.70. The van der Waals surface area contributed by atoms with E-state index in [0.29, 0.717) is 0 Å². The number of hydrogen-bond acceptors (Lipinski definition) is 1. The SMILES string of the molecule is C=Cc1ccc2c3c(cccc13)CC(O)C2. The monoisotopic (exact) mass is 210 g/mol. The normalized spacial score (nSPS) is 18.7. The van der Waals surface area contributed by atoms with E-state index in [1.54, 1.807) is 0 Å². The van der Waals surface area contributed by atoms with Crippen LogP contribution in [0.3, 0.4) is 0 Å². The third-order valence-corrected chi connectivity index (χ3v) is 3.38. The van der Waals surface area contributed by atoms with Crippen molar-refractivity contribution in [2.24, 2.45) is 0 Å². The number of rotatable bonds is 1. The maximum absolute atomic E-state index is 9.81. The Balaban J connectivity index is 2.41. The summed E-state index contributed by atoms with van der Waals surface area (Å²) in [6.45, 7) is 3.85. The molecule has 0 aliphatic heterocycles. The van der Waals surface area contributed by atoms with Gasteiger partial charge in [-0.3, -0.25) is 0 Å². The predicted molar refractivity (Wildman–Crippen MR) is 67.5 cm³/mol. The molecule has 16 heavy (non-hydrogen) atoms. The minimum atomic E-state index is -0.229. The van der Waals surface area contributed by atoms with Crippen molar-refractivity contribution in [1.29, 1.82) is 0 Å². The van der Waals surface area contributed by atoms with Crippen LogP contribution in [0.5, 0.6) is 0 Å². The molecule has 2 aromatic rings. The highest BCUT2D eigenvalue weighted by atomic mass is 16.3. The summed E-state index contributed by atoms with van der Waals surface area (Å²) >= 11 is 0. The Morgan fingerprint density at radius 2 is 1.88 bits per heavy atom. The van der Waals surface area contributed by atoms with Crippen LogP contribution in [0.1, 0.15) is 16.7 Å². The summed E-state index contributed by atoms with van der Waals surface area (Å²) in [5.74, 6) is 0. The maximum Gasteiger partial charge on any atom is 0.0621 e. The Labute approximate surface area is 95.0 Å². The second kappa shape index (κ2) is 3.46. The lowest BCUT2D eigenvalue weighted by atomic mass is 9.85. The van der Waals surface area contributed by atoms with E-state index >= 15 is 0 Å². The minimum absolute atomic E-state index is 0.229. The highest BCUT2D eigenvalue weighted by Crippen LogP contribution is 2.32. The van der Waals surface area contributed by atoms with Crippen LogP contribution in [-0.4, -0.2) is 11.2 Å². The molecule has 80 valence electrons. The molecule has 0 radical (unpaired) electrons. The van der Waals surface area contributed by atoms with Crippen LogP contribution < -0.4 is 0 Å². The number of aliphatic hydroxyl groups is 1. The lowest BCUT2D eigenvalue weighted by Crippen LogP contribution is -2.19. The van der Waals surface area contributed by atoms with E-state index in [4.69, 9.17) is 0 Å². The number of benzene rings is 2. The van der Waals surface area contributed by atoms with Crippen molar-refractivity contribution >= 4 is 16.8 Å². The van der Waals surface area contributed by atoms with Crippen LogP contribution in [0.25, 0.3) is 16.8 Å². The summed E-state index contributed by atoms with van der Waals surface area (Å²) in [4.78, 5) is 0. The number of hydrogen-bond donors (Lipinski definition) is 1. The maximum atomic E-state index is 9.81. The van der Waals surface area contributed by atoms with Gasteiger partial charge in [-0.2, -0.15) is 0 Å². The van der Waals surface area contributed by atoms with Gasteiger partial charge in [-0.15, -0.1) is 0 Å². The molecule has 2 aromatic carbocycles. The molecule has 0 amide bonds. The van der Waals surface area contributed by atoms with Crippen LogP contribution in [0.2, 0.25) is 0 Å². The molecular formula is C15H14O. The van der Waals surface area contributed by atoms with Gasteiger partial charge in [0.05, 0.1) is 6.10 Å². The average molecular weight is 210 g/mol. The molecule has 0 saturated heterocycles. The fourth-order valence-corrected chi connectivity index (χ4v) is 2.68. The molecule has 1 aliphatic carbocycles. The molecule has 0 fully saturated rings. The fraction of sp³-hybridized carbons (Fsp3) is 0.200. The highest BCUT2D eigenvalue weighted by Gasteiger charge is 2.18. The van der Waals surface area contributed by atoms with Crippen LogP contribution >= 0.6 is 0 Å². The van der Waals surface area contributed by atoms with E-state index in [1.807, 2.05) is 6.08 Å². The average Bonchev–Trinajstić information content (AvgIpc) is 2.29. The summed E-state index contributed by atoms with van der Waals surface area (Å²) < 4.78 is 0. The third kappa shape index (κ3) is 1.29. The first kappa shape index (κ1) is 9.61. The predicted octanol–water partition coefficient (Wildman–Crippen LogP) is 2.94. The second-order valence-corrected chi connectivity index (χ2v) is 4.42. The molecule has 0 aromatic heterocycles. The van der Waals surface area contributed by atoms with Crippen LogP contribution in [-0.2, 0) is 12.8 Å². The summed E-state index contributed by atoms with van der Waals surface area (Å²) in [7, 11) is 0. The molecule has 1 nitrogen and oxygen atoms in total. The molecule has 0 heterocycles. The molecule has 1 heteroatoms. The van der Waals surface area contributed by atoms with Gasteiger partial charge in [-0.25, -0.2) is 0 Å². The zero-order chi connectivity index (χ0) is 11.1. The summed E-state index contributed by atoms with van der Waals surface area (Å²) in [5, 5.41) is 12.4. The highest BCUT2D eigenvalue weighted by molar-refractivity contribution is 5.95. The Morgan fingerprint density at radius 1 is 1.12 bits per heavy atom. The van der Waals surface area contributed by atoms with Crippen LogP contribution in [0.15, 0.2) is 36.9 Å². The minimum Gasteiger partial charge on any atom is -0.392 e. The second-order valence-electron chi connectivity index (χ2n) is 4.42.